The van der Waals surface area contributed by atoms with Gasteiger partial charge in [0.05, 0.1) is 26.3 Å². The zero-order chi connectivity index (χ0) is 17.1. The number of carbonyl (C=O) groups is 2. The monoisotopic (exact) mass is 330 g/mol. The van der Waals surface area contributed by atoms with Crippen LogP contribution >= 0.6 is 0 Å². The molecule has 8 heteroatoms. The van der Waals surface area contributed by atoms with Crippen molar-refractivity contribution in [1.82, 2.24) is 20.0 Å². The molecule has 0 spiro atoms. The molecule has 0 saturated carbocycles. The van der Waals surface area contributed by atoms with Gasteiger partial charge in [0.25, 0.3) is 0 Å². The quantitative estimate of drug-likeness (QED) is 0.549. The molecule has 23 heavy (non-hydrogen) atoms. The molecule has 0 aromatic rings. The van der Waals surface area contributed by atoms with Crippen molar-refractivity contribution in [2.24, 2.45) is 0 Å². The number of aliphatic hydroxyl groups is 2. The van der Waals surface area contributed by atoms with Crippen LogP contribution in [0.1, 0.15) is 12.8 Å². The van der Waals surface area contributed by atoms with Gasteiger partial charge in [-0.05, 0) is 25.9 Å². The molecule has 0 atom stereocenters. The second-order valence-corrected chi connectivity index (χ2v) is 5.87. The lowest BCUT2D eigenvalue weighted by Gasteiger charge is -2.27. The van der Waals surface area contributed by atoms with E-state index in [1.807, 2.05) is 9.80 Å². The summed E-state index contributed by atoms with van der Waals surface area (Å²) in [5, 5.41) is 21.1. The number of carbonyl (C=O) groups excluding carboxylic acids is 2. The molecule has 1 aliphatic rings. The second kappa shape index (κ2) is 11.3. The highest BCUT2D eigenvalue weighted by molar-refractivity contribution is 5.78. The minimum absolute atomic E-state index is 0.0108. The molecular formula is C15H30N4O4. The molecule has 1 aliphatic heterocycles. The minimum Gasteiger partial charge on any atom is -0.395 e. The topological polar surface area (TPSA) is 96.3 Å². The van der Waals surface area contributed by atoms with E-state index in [2.05, 4.69) is 5.32 Å². The smallest absolute Gasteiger partial charge is 0.236 e. The number of aliphatic hydroxyl groups excluding tert-OH is 2. The number of hydrogen-bond donors (Lipinski definition) is 3. The van der Waals surface area contributed by atoms with Crippen LogP contribution in [-0.2, 0) is 9.59 Å². The lowest BCUT2D eigenvalue weighted by molar-refractivity contribution is -0.131. The van der Waals surface area contributed by atoms with E-state index >= 15 is 0 Å². The molecule has 8 nitrogen and oxygen atoms in total. The van der Waals surface area contributed by atoms with Gasteiger partial charge in [0, 0.05) is 33.2 Å². The zero-order valence-corrected chi connectivity index (χ0v) is 14.0. The normalized spacial score (nSPS) is 21.1. The molecule has 0 radical (unpaired) electrons. The van der Waals surface area contributed by atoms with E-state index in [-0.39, 0.29) is 31.6 Å². The van der Waals surface area contributed by atoms with E-state index in [9.17, 15) is 9.59 Å². The van der Waals surface area contributed by atoms with Crippen LogP contribution in [0.4, 0.5) is 0 Å². The van der Waals surface area contributed by atoms with Crippen molar-refractivity contribution < 1.29 is 19.8 Å². The summed E-state index contributed by atoms with van der Waals surface area (Å²) in [5.41, 5.74) is 0. The van der Waals surface area contributed by atoms with E-state index in [1.54, 1.807) is 11.9 Å². The molecule has 1 fully saturated rings. The first-order valence-corrected chi connectivity index (χ1v) is 8.24. The van der Waals surface area contributed by atoms with Gasteiger partial charge >= 0.3 is 0 Å². The van der Waals surface area contributed by atoms with E-state index in [4.69, 9.17) is 10.2 Å². The highest BCUT2D eigenvalue weighted by atomic mass is 16.3. The van der Waals surface area contributed by atoms with Crippen LogP contribution in [0.2, 0.25) is 0 Å². The van der Waals surface area contributed by atoms with Gasteiger partial charge in [0.2, 0.25) is 11.8 Å². The summed E-state index contributed by atoms with van der Waals surface area (Å²) >= 11 is 0. The summed E-state index contributed by atoms with van der Waals surface area (Å²) in [6, 6.07) is 0. The van der Waals surface area contributed by atoms with E-state index in [0.29, 0.717) is 52.2 Å². The number of likely N-dealkylation sites (N-methyl/N-ethyl adjacent to an activating group) is 1. The molecule has 3 N–H and O–H groups in total. The Bertz CT molecular complexity index is 367. The highest BCUT2D eigenvalue weighted by Gasteiger charge is 2.16. The Hall–Kier alpha value is -1.22. The SMILES string of the molecule is CN1CCCNC(=O)CN(CCO)CCCN(CCO)CC1=O. The number of hydrogen-bond acceptors (Lipinski definition) is 6. The van der Waals surface area contributed by atoms with Crippen LogP contribution < -0.4 is 5.32 Å². The van der Waals surface area contributed by atoms with Gasteiger partial charge in [0.15, 0.2) is 0 Å². The molecule has 134 valence electrons. The average molecular weight is 330 g/mol. The maximum atomic E-state index is 12.2. The summed E-state index contributed by atoms with van der Waals surface area (Å²) in [6.07, 6.45) is 1.47. The van der Waals surface area contributed by atoms with Crippen molar-refractivity contribution in [2.75, 3.05) is 72.6 Å². The molecule has 0 unspecified atom stereocenters. The third-order valence-electron chi connectivity index (χ3n) is 3.93. The van der Waals surface area contributed by atoms with Gasteiger partial charge in [-0.15, -0.1) is 0 Å². The maximum absolute atomic E-state index is 12.2. The minimum atomic E-state index is -0.0586. The molecule has 1 heterocycles. The lowest BCUT2D eigenvalue weighted by atomic mass is 10.3. The fourth-order valence-electron chi connectivity index (χ4n) is 2.58. The highest BCUT2D eigenvalue weighted by Crippen LogP contribution is 1.99. The standard InChI is InChI=1S/C15H30N4O4/c1-17-5-2-4-16-14(22)12-18(8-10-20)6-3-7-19(9-11-21)13-15(17)23/h20-21H,2-13H2,1H3,(H,16,22). The van der Waals surface area contributed by atoms with Crippen molar-refractivity contribution in [3.8, 4) is 0 Å². The average Bonchev–Trinajstić information content (AvgIpc) is 2.50. The first kappa shape index (κ1) is 19.8. The molecular weight excluding hydrogens is 300 g/mol. The van der Waals surface area contributed by atoms with Gasteiger partial charge in [-0.1, -0.05) is 0 Å². The van der Waals surface area contributed by atoms with Crippen LogP contribution in [0.25, 0.3) is 0 Å². The molecule has 1 saturated heterocycles. The summed E-state index contributed by atoms with van der Waals surface area (Å²) < 4.78 is 0. The number of rotatable bonds is 4. The summed E-state index contributed by atoms with van der Waals surface area (Å²) in [5.74, 6) is -0.0363. The molecule has 0 aliphatic carbocycles. The third kappa shape index (κ3) is 8.26. The van der Waals surface area contributed by atoms with Gasteiger partial charge < -0.3 is 20.4 Å². The molecule has 1 rings (SSSR count). The van der Waals surface area contributed by atoms with Gasteiger partial charge in [-0.2, -0.15) is 0 Å². The Morgan fingerprint density at radius 1 is 0.957 bits per heavy atom. The third-order valence-corrected chi connectivity index (χ3v) is 3.93. The van der Waals surface area contributed by atoms with Gasteiger partial charge in [-0.25, -0.2) is 0 Å². The summed E-state index contributed by atoms with van der Waals surface area (Å²) in [6.45, 7) is 3.96. The van der Waals surface area contributed by atoms with E-state index in [1.165, 1.54) is 0 Å². The fraction of sp³-hybridized carbons (Fsp3) is 0.867. The fourth-order valence-corrected chi connectivity index (χ4v) is 2.58. The largest absolute Gasteiger partial charge is 0.395 e. The molecule has 0 bridgehead atoms. The predicted molar refractivity (Wildman–Crippen MR) is 86.9 cm³/mol. The lowest BCUT2D eigenvalue weighted by Crippen LogP contribution is -2.44. The van der Waals surface area contributed by atoms with Crippen molar-refractivity contribution in [2.45, 2.75) is 12.8 Å². The van der Waals surface area contributed by atoms with Crippen molar-refractivity contribution in [3.05, 3.63) is 0 Å². The van der Waals surface area contributed by atoms with Crippen LogP contribution in [0.3, 0.4) is 0 Å². The first-order valence-electron chi connectivity index (χ1n) is 8.24. The predicted octanol–water partition coefficient (Wildman–Crippen LogP) is -2.06. The van der Waals surface area contributed by atoms with Crippen molar-refractivity contribution in [1.29, 1.82) is 0 Å². The van der Waals surface area contributed by atoms with Crippen LogP contribution in [0.5, 0.6) is 0 Å². The van der Waals surface area contributed by atoms with Crippen molar-refractivity contribution in [3.63, 3.8) is 0 Å². The number of nitrogens with zero attached hydrogens (tertiary/aromatic N) is 3. The molecule has 2 amide bonds. The van der Waals surface area contributed by atoms with Crippen LogP contribution in [0.15, 0.2) is 0 Å². The molecule has 0 aromatic heterocycles. The summed E-state index contributed by atoms with van der Waals surface area (Å²) in [7, 11) is 1.76. The van der Waals surface area contributed by atoms with E-state index < -0.39 is 0 Å². The van der Waals surface area contributed by atoms with Crippen LogP contribution in [0, 0.1) is 0 Å². The number of β-amino-alcohol motifs (C(OH)–C–C–N with tert-alkyl or cyclic N) is 2. The first-order chi connectivity index (χ1) is 11.1. The number of nitrogens with one attached hydrogen (secondary N) is 1. The van der Waals surface area contributed by atoms with Gasteiger partial charge in [-0.3, -0.25) is 19.4 Å². The number of amides is 2. The maximum Gasteiger partial charge on any atom is 0.236 e. The zero-order valence-electron chi connectivity index (χ0n) is 14.0. The molecule has 0 aromatic carbocycles. The van der Waals surface area contributed by atoms with Gasteiger partial charge in [0.1, 0.15) is 0 Å². The summed E-state index contributed by atoms with van der Waals surface area (Å²) in [4.78, 5) is 29.6. The Labute approximate surface area is 138 Å². The van der Waals surface area contributed by atoms with Crippen molar-refractivity contribution >= 4 is 11.8 Å². The van der Waals surface area contributed by atoms with E-state index in [0.717, 1.165) is 6.42 Å². The Balaban J connectivity index is 2.66. The Kier molecular flexibility index (Phi) is 9.77. The second-order valence-electron chi connectivity index (χ2n) is 5.87. The van der Waals surface area contributed by atoms with Crippen LogP contribution in [-0.4, -0.2) is 109 Å². The Morgan fingerprint density at radius 2 is 1.57 bits per heavy atom. The Morgan fingerprint density at radius 3 is 2.17 bits per heavy atom.